The molecule has 0 saturated carbocycles. The molecule has 15 heavy (non-hydrogen) atoms. The number of fused-ring (bicyclic) bond motifs is 2. The Hall–Kier alpha value is -0.640. The molecule has 1 saturated heterocycles. The van der Waals surface area contributed by atoms with Crippen LogP contribution < -0.4 is 14.8 Å². The van der Waals surface area contributed by atoms with E-state index in [2.05, 4.69) is 5.32 Å². The number of hydrogen-bond donors (Lipinski definition) is 1. The molecule has 2 atom stereocenters. The Balaban J connectivity index is 0.000000853. The minimum Gasteiger partial charge on any atom is -0.481 e. The molecule has 2 heterocycles. The van der Waals surface area contributed by atoms with E-state index in [-0.39, 0.29) is 24.6 Å². The first kappa shape index (κ1) is 10.9. The summed E-state index contributed by atoms with van der Waals surface area (Å²) in [5, 5.41) is 3.84. The molecule has 1 aromatic carbocycles. The summed E-state index contributed by atoms with van der Waals surface area (Å²) in [6.45, 7) is 1.67. The van der Waals surface area contributed by atoms with Crippen LogP contribution in [0.3, 0.4) is 0 Å². The molecule has 2 aliphatic rings. The number of nitrogens with one attached hydrogen (secondary N) is 1. The zero-order valence-corrected chi connectivity index (χ0v) is 9.48. The molecule has 0 aliphatic carbocycles. The average molecular weight is 248 g/mol. The number of halogens is 2. The van der Waals surface area contributed by atoms with E-state index in [0.717, 1.165) is 18.8 Å². The van der Waals surface area contributed by atoms with Crippen LogP contribution in [0, 0.1) is 0 Å². The van der Waals surface area contributed by atoms with Gasteiger partial charge >= 0.3 is 0 Å². The molecule has 0 amide bonds. The summed E-state index contributed by atoms with van der Waals surface area (Å²) in [7, 11) is 0. The van der Waals surface area contributed by atoms with E-state index in [4.69, 9.17) is 21.1 Å². The van der Waals surface area contributed by atoms with Gasteiger partial charge in [-0.1, -0.05) is 17.7 Å². The maximum atomic E-state index is 6.01. The number of hydrogen-bond acceptors (Lipinski definition) is 3. The summed E-state index contributed by atoms with van der Waals surface area (Å²) < 4.78 is 11.5. The topological polar surface area (TPSA) is 30.5 Å². The fourth-order valence-corrected chi connectivity index (χ4v) is 2.09. The maximum Gasteiger partial charge on any atom is 0.180 e. The lowest BCUT2D eigenvalue weighted by Crippen LogP contribution is -2.38. The lowest BCUT2D eigenvalue weighted by Gasteiger charge is -2.29. The van der Waals surface area contributed by atoms with E-state index < -0.39 is 0 Å². The quantitative estimate of drug-likeness (QED) is 0.760. The van der Waals surface area contributed by atoms with Crippen LogP contribution in [0.1, 0.15) is 0 Å². The third kappa shape index (κ3) is 1.75. The van der Waals surface area contributed by atoms with Gasteiger partial charge in [0.05, 0.1) is 5.02 Å². The van der Waals surface area contributed by atoms with Crippen LogP contribution in [0.2, 0.25) is 5.02 Å². The second kappa shape index (κ2) is 4.08. The summed E-state index contributed by atoms with van der Waals surface area (Å²) in [5.41, 5.74) is 0. The highest BCUT2D eigenvalue weighted by atomic mass is 35.5. The van der Waals surface area contributed by atoms with Gasteiger partial charge in [-0.3, -0.25) is 0 Å². The Morgan fingerprint density at radius 3 is 2.73 bits per heavy atom. The van der Waals surface area contributed by atoms with Gasteiger partial charge < -0.3 is 14.8 Å². The first-order valence-corrected chi connectivity index (χ1v) is 5.05. The Morgan fingerprint density at radius 2 is 1.93 bits per heavy atom. The first-order valence-electron chi connectivity index (χ1n) is 4.67. The van der Waals surface area contributed by atoms with Gasteiger partial charge in [-0.25, -0.2) is 0 Å². The van der Waals surface area contributed by atoms with Crippen LogP contribution in [-0.2, 0) is 0 Å². The van der Waals surface area contributed by atoms with Gasteiger partial charge in [-0.2, -0.15) is 0 Å². The van der Waals surface area contributed by atoms with Gasteiger partial charge in [0, 0.05) is 13.1 Å². The SMILES string of the molecule is Cl.Clc1cccc2c1O[C@H]1CNC[C@@H]1O2. The van der Waals surface area contributed by atoms with E-state index in [1.54, 1.807) is 0 Å². The zero-order valence-electron chi connectivity index (χ0n) is 7.90. The fourth-order valence-electron chi connectivity index (χ4n) is 1.88. The second-order valence-electron chi connectivity index (χ2n) is 3.54. The van der Waals surface area contributed by atoms with E-state index >= 15 is 0 Å². The average Bonchev–Trinajstić information content (AvgIpc) is 2.62. The summed E-state index contributed by atoms with van der Waals surface area (Å²) in [5.74, 6) is 1.43. The van der Waals surface area contributed by atoms with Gasteiger partial charge in [-0.15, -0.1) is 12.4 Å². The van der Waals surface area contributed by atoms with Crippen molar-refractivity contribution < 1.29 is 9.47 Å². The third-order valence-electron chi connectivity index (χ3n) is 2.58. The van der Waals surface area contributed by atoms with E-state index in [1.807, 2.05) is 18.2 Å². The Labute approximate surface area is 99.1 Å². The van der Waals surface area contributed by atoms with Crippen LogP contribution in [0.25, 0.3) is 0 Å². The highest BCUT2D eigenvalue weighted by molar-refractivity contribution is 6.32. The van der Waals surface area contributed by atoms with Crippen molar-refractivity contribution in [1.82, 2.24) is 5.32 Å². The van der Waals surface area contributed by atoms with Crippen molar-refractivity contribution in [3.05, 3.63) is 23.2 Å². The molecule has 0 unspecified atom stereocenters. The molecule has 82 valence electrons. The number of benzene rings is 1. The molecule has 0 radical (unpaired) electrons. The van der Waals surface area contributed by atoms with E-state index in [1.165, 1.54) is 0 Å². The van der Waals surface area contributed by atoms with Crippen LogP contribution in [0.5, 0.6) is 11.5 Å². The molecular weight excluding hydrogens is 237 g/mol. The summed E-state index contributed by atoms with van der Waals surface area (Å²) in [6, 6.07) is 5.56. The lowest BCUT2D eigenvalue weighted by molar-refractivity contribution is 0.0554. The van der Waals surface area contributed by atoms with Crippen LogP contribution in [-0.4, -0.2) is 25.3 Å². The molecule has 2 aliphatic heterocycles. The number of para-hydroxylation sites is 1. The van der Waals surface area contributed by atoms with Crippen molar-refractivity contribution >= 4 is 24.0 Å². The van der Waals surface area contributed by atoms with Crippen LogP contribution >= 0.6 is 24.0 Å². The smallest absolute Gasteiger partial charge is 0.180 e. The van der Waals surface area contributed by atoms with Crippen molar-refractivity contribution in [2.75, 3.05) is 13.1 Å². The molecule has 0 bridgehead atoms. The lowest BCUT2D eigenvalue weighted by atomic mass is 10.2. The van der Waals surface area contributed by atoms with Gasteiger partial charge in [-0.05, 0) is 12.1 Å². The molecule has 3 rings (SSSR count). The van der Waals surface area contributed by atoms with Gasteiger partial charge in [0.2, 0.25) is 0 Å². The van der Waals surface area contributed by atoms with E-state index in [9.17, 15) is 0 Å². The molecule has 1 N–H and O–H groups in total. The second-order valence-corrected chi connectivity index (χ2v) is 3.95. The number of rotatable bonds is 0. The summed E-state index contributed by atoms with van der Waals surface area (Å²) in [6.07, 6.45) is 0.225. The third-order valence-corrected chi connectivity index (χ3v) is 2.88. The molecule has 5 heteroatoms. The molecular formula is C10H11Cl2NO2. The van der Waals surface area contributed by atoms with E-state index in [0.29, 0.717) is 10.8 Å². The van der Waals surface area contributed by atoms with Gasteiger partial charge in [0.15, 0.2) is 11.5 Å². The highest BCUT2D eigenvalue weighted by Crippen LogP contribution is 2.40. The fraction of sp³-hybridized carbons (Fsp3) is 0.400. The Kier molecular flexibility index (Phi) is 2.96. The summed E-state index contributed by atoms with van der Waals surface area (Å²) >= 11 is 6.01. The van der Waals surface area contributed by atoms with Crippen LogP contribution in [0.15, 0.2) is 18.2 Å². The van der Waals surface area contributed by atoms with Gasteiger partial charge in [0.1, 0.15) is 12.2 Å². The maximum absolute atomic E-state index is 6.01. The van der Waals surface area contributed by atoms with Crippen molar-refractivity contribution in [3.8, 4) is 11.5 Å². The molecule has 0 spiro atoms. The predicted octanol–water partition coefficient (Wildman–Crippen LogP) is 1.87. The largest absolute Gasteiger partial charge is 0.481 e. The highest BCUT2D eigenvalue weighted by Gasteiger charge is 2.36. The monoisotopic (exact) mass is 247 g/mol. The van der Waals surface area contributed by atoms with Crippen LogP contribution in [0.4, 0.5) is 0 Å². The predicted molar refractivity (Wildman–Crippen MR) is 60.4 cm³/mol. The minimum atomic E-state index is 0. The molecule has 0 aromatic heterocycles. The Morgan fingerprint density at radius 1 is 1.20 bits per heavy atom. The first-order chi connectivity index (χ1) is 6.84. The number of ether oxygens (including phenoxy) is 2. The zero-order chi connectivity index (χ0) is 9.54. The standard InChI is InChI=1S/C10H10ClNO2.ClH/c11-6-2-1-3-7-10(6)14-9-5-12-4-8(9)13-7;/h1-3,8-9,12H,4-5H2;1H/t8-,9-;/m0./s1. The van der Waals surface area contributed by atoms with Crippen molar-refractivity contribution in [2.45, 2.75) is 12.2 Å². The molecule has 1 fully saturated rings. The normalized spacial score (nSPS) is 26.7. The minimum absolute atomic E-state index is 0. The Bertz CT molecular complexity index is 372. The van der Waals surface area contributed by atoms with Crippen molar-refractivity contribution in [1.29, 1.82) is 0 Å². The van der Waals surface area contributed by atoms with Crippen molar-refractivity contribution in [2.24, 2.45) is 0 Å². The van der Waals surface area contributed by atoms with Crippen molar-refractivity contribution in [3.63, 3.8) is 0 Å². The molecule has 3 nitrogen and oxygen atoms in total. The summed E-state index contributed by atoms with van der Waals surface area (Å²) in [4.78, 5) is 0. The molecule has 1 aromatic rings. The van der Waals surface area contributed by atoms with Gasteiger partial charge in [0.25, 0.3) is 0 Å².